The molecular formula is C18H33NO. The van der Waals surface area contributed by atoms with E-state index in [1.165, 1.54) is 57.8 Å². The number of nitrogens with two attached hydrogens (primary N) is 1. The highest BCUT2D eigenvalue weighted by Crippen LogP contribution is 2.51. The van der Waals surface area contributed by atoms with Crippen molar-refractivity contribution in [3.8, 4) is 0 Å². The van der Waals surface area contributed by atoms with E-state index >= 15 is 0 Å². The van der Waals surface area contributed by atoms with E-state index in [0.29, 0.717) is 11.3 Å². The second kappa shape index (κ2) is 4.98. The molecule has 2 heteroatoms. The summed E-state index contributed by atoms with van der Waals surface area (Å²) in [5.74, 6) is 1.45. The molecule has 3 atom stereocenters. The first kappa shape index (κ1) is 14.8. The average Bonchev–Trinajstić information content (AvgIpc) is 2.74. The molecule has 2 N–H and O–H groups in total. The normalized spacial score (nSPS) is 43.8. The summed E-state index contributed by atoms with van der Waals surface area (Å²) >= 11 is 0. The van der Waals surface area contributed by atoms with Gasteiger partial charge in [-0.2, -0.15) is 0 Å². The molecule has 2 nitrogen and oxygen atoms in total. The van der Waals surface area contributed by atoms with Crippen LogP contribution in [0.4, 0.5) is 0 Å². The highest BCUT2D eigenvalue weighted by Gasteiger charge is 2.50. The van der Waals surface area contributed by atoms with Crippen LogP contribution in [0.2, 0.25) is 0 Å². The van der Waals surface area contributed by atoms with E-state index in [2.05, 4.69) is 20.8 Å². The molecule has 3 fully saturated rings. The summed E-state index contributed by atoms with van der Waals surface area (Å²) in [6.45, 7) is 8.16. The molecule has 1 saturated heterocycles. The fourth-order valence-corrected chi connectivity index (χ4v) is 5.90. The van der Waals surface area contributed by atoms with Crippen LogP contribution in [0, 0.1) is 17.3 Å². The zero-order valence-electron chi connectivity index (χ0n) is 13.7. The Balaban J connectivity index is 1.76. The van der Waals surface area contributed by atoms with Gasteiger partial charge in [0.25, 0.3) is 0 Å². The second-order valence-corrected chi connectivity index (χ2v) is 9.02. The molecule has 3 unspecified atom stereocenters. The van der Waals surface area contributed by atoms with E-state index in [1.807, 2.05) is 0 Å². The summed E-state index contributed by atoms with van der Waals surface area (Å²) in [5, 5.41) is 0. The van der Waals surface area contributed by atoms with Crippen molar-refractivity contribution in [2.75, 3.05) is 6.61 Å². The van der Waals surface area contributed by atoms with Crippen molar-refractivity contribution in [2.45, 2.75) is 89.7 Å². The van der Waals surface area contributed by atoms with E-state index in [-0.39, 0.29) is 11.1 Å². The number of rotatable bonds is 1. The van der Waals surface area contributed by atoms with Gasteiger partial charge in [0, 0.05) is 12.1 Å². The van der Waals surface area contributed by atoms with E-state index in [0.717, 1.165) is 12.5 Å². The molecule has 0 bridgehead atoms. The zero-order valence-corrected chi connectivity index (χ0v) is 13.7. The minimum absolute atomic E-state index is 0.0561. The molecule has 0 aromatic heterocycles. The van der Waals surface area contributed by atoms with Crippen LogP contribution in [0.15, 0.2) is 0 Å². The van der Waals surface area contributed by atoms with Crippen molar-refractivity contribution in [2.24, 2.45) is 23.0 Å². The maximum Gasteiger partial charge on any atom is 0.0685 e. The fourth-order valence-electron chi connectivity index (χ4n) is 5.90. The van der Waals surface area contributed by atoms with Crippen LogP contribution in [0.25, 0.3) is 0 Å². The van der Waals surface area contributed by atoms with Gasteiger partial charge in [-0.25, -0.2) is 0 Å². The van der Waals surface area contributed by atoms with Crippen molar-refractivity contribution < 1.29 is 4.74 Å². The SMILES string of the molecule is CC1CC(C)(C)CC(N)(C2CCOC3(CCCC3)C2)C1. The molecule has 0 amide bonds. The first-order chi connectivity index (χ1) is 9.33. The van der Waals surface area contributed by atoms with Crippen molar-refractivity contribution >= 4 is 0 Å². The monoisotopic (exact) mass is 279 g/mol. The third-order valence-corrected chi connectivity index (χ3v) is 6.26. The first-order valence-corrected chi connectivity index (χ1v) is 8.76. The molecule has 1 aliphatic heterocycles. The van der Waals surface area contributed by atoms with Gasteiger partial charge in [-0.1, -0.05) is 33.6 Å². The minimum atomic E-state index is 0.0561. The van der Waals surface area contributed by atoms with E-state index in [9.17, 15) is 0 Å². The van der Waals surface area contributed by atoms with Gasteiger partial charge in [0.15, 0.2) is 0 Å². The largest absolute Gasteiger partial charge is 0.375 e. The lowest BCUT2D eigenvalue weighted by atomic mass is 9.58. The quantitative estimate of drug-likeness (QED) is 0.778. The standard InChI is InChI=1S/C18H33NO/c1-14-10-16(2,3)13-18(19,11-14)15-6-9-20-17(12-15)7-4-5-8-17/h14-15H,4-13,19H2,1-3H3. The Morgan fingerprint density at radius 1 is 1.05 bits per heavy atom. The maximum atomic E-state index is 7.00. The lowest BCUT2D eigenvalue weighted by molar-refractivity contribution is -0.114. The van der Waals surface area contributed by atoms with Crippen molar-refractivity contribution in [3.05, 3.63) is 0 Å². The van der Waals surface area contributed by atoms with Crippen LogP contribution in [0.3, 0.4) is 0 Å². The molecule has 0 aromatic rings. The van der Waals surface area contributed by atoms with Gasteiger partial charge in [-0.3, -0.25) is 0 Å². The first-order valence-electron chi connectivity index (χ1n) is 8.76. The predicted molar refractivity (Wildman–Crippen MR) is 83.6 cm³/mol. The predicted octanol–water partition coefficient (Wildman–Crippen LogP) is 4.27. The zero-order chi connectivity index (χ0) is 14.4. The van der Waals surface area contributed by atoms with Crippen LogP contribution in [-0.4, -0.2) is 17.7 Å². The van der Waals surface area contributed by atoms with Crippen LogP contribution in [0.5, 0.6) is 0 Å². The van der Waals surface area contributed by atoms with Crippen LogP contribution < -0.4 is 5.73 Å². The van der Waals surface area contributed by atoms with Gasteiger partial charge < -0.3 is 10.5 Å². The average molecular weight is 279 g/mol. The minimum Gasteiger partial charge on any atom is -0.375 e. The summed E-state index contributed by atoms with van der Waals surface area (Å²) < 4.78 is 6.22. The third kappa shape index (κ3) is 2.78. The third-order valence-electron chi connectivity index (χ3n) is 6.26. The van der Waals surface area contributed by atoms with Gasteiger partial charge in [0.05, 0.1) is 5.60 Å². The second-order valence-electron chi connectivity index (χ2n) is 9.02. The molecule has 2 aliphatic carbocycles. The maximum absolute atomic E-state index is 7.00. The van der Waals surface area contributed by atoms with Gasteiger partial charge in [-0.15, -0.1) is 0 Å². The Labute approximate surface area is 124 Å². The summed E-state index contributed by atoms with van der Waals surface area (Å²) in [5.41, 5.74) is 7.67. The lowest BCUT2D eigenvalue weighted by Crippen LogP contribution is -2.57. The van der Waals surface area contributed by atoms with E-state index < -0.39 is 0 Å². The Kier molecular flexibility index (Phi) is 3.70. The Morgan fingerprint density at radius 2 is 1.75 bits per heavy atom. The Morgan fingerprint density at radius 3 is 2.40 bits per heavy atom. The van der Waals surface area contributed by atoms with Gasteiger partial charge in [-0.05, 0) is 62.2 Å². The molecular weight excluding hydrogens is 246 g/mol. The Bertz CT molecular complexity index is 358. The van der Waals surface area contributed by atoms with Crippen LogP contribution in [-0.2, 0) is 4.74 Å². The van der Waals surface area contributed by atoms with Crippen LogP contribution >= 0.6 is 0 Å². The van der Waals surface area contributed by atoms with Crippen molar-refractivity contribution in [1.82, 2.24) is 0 Å². The Hall–Kier alpha value is -0.0800. The highest BCUT2D eigenvalue weighted by molar-refractivity contribution is 5.04. The smallest absolute Gasteiger partial charge is 0.0685 e. The summed E-state index contributed by atoms with van der Waals surface area (Å²) in [4.78, 5) is 0. The summed E-state index contributed by atoms with van der Waals surface area (Å²) in [7, 11) is 0. The number of hydrogen-bond acceptors (Lipinski definition) is 2. The van der Waals surface area contributed by atoms with Gasteiger partial charge >= 0.3 is 0 Å². The van der Waals surface area contributed by atoms with Crippen LogP contribution in [0.1, 0.15) is 78.6 Å². The highest BCUT2D eigenvalue weighted by atomic mass is 16.5. The van der Waals surface area contributed by atoms with E-state index in [4.69, 9.17) is 10.5 Å². The molecule has 3 aliphatic rings. The number of hydrogen-bond donors (Lipinski definition) is 1. The molecule has 3 rings (SSSR count). The van der Waals surface area contributed by atoms with Crippen molar-refractivity contribution in [1.29, 1.82) is 0 Å². The summed E-state index contributed by atoms with van der Waals surface area (Å²) in [6.07, 6.45) is 11.4. The molecule has 0 aromatic carbocycles. The van der Waals surface area contributed by atoms with E-state index in [1.54, 1.807) is 0 Å². The van der Waals surface area contributed by atoms with Gasteiger partial charge in [0.2, 0.25) is 0 Å². The van der Waals surface area contributed by atoms with Crippen molar-refractivity contribution in [3.63, 3.8) is 0 Å². The lowest BCUT2D eigenvalue weighted by Gasteiger charge is -2.53. The molecule has 20 heavy (non-hydrogen) atoms. The molecule has 0 radical (unpaired) electrons. The topological polar surface area (TPSA) is 35.2 Å². The molecule has 1 heterocycles. The molecule has 116 valence electrons. The molecule has 1 spiro atoms. The fraction of sp³-hybridized carbons (Fsp3) is 1.00. The number of ether oxygens (including phenoxy) is 1. The summed E-state index contributed by atoms with van der Waals surface area (Å²) in [6, 6.07) is 0. The molecule has 2 saturated carbocycles. The van der Waals surface area contributed by atoms with Gasteiger partial charge in [0.1, 0.15) is 0 Å².